The number of azo groups is 1. The third-order valence-electron chi connectivity index (χ3n) is 7.18. The summed E-state index contributed by atoms with van der Waals surface area (Å²) in [5.74, 6) is -0.505. The molecular weight excluding hydrogens is 511 g/mol. The highest BCUT2D eigenvalue weighted by Crippen LogP contribution is 2.30. The second-order valence-corrected chi connectivity index (χ2v) is 9.89. The Morgan fingerprint density at radius 3 is 2.35 bits per heavy atom. The number of ether oxygens (including phenoxy) is 1. The average molecular weight is 543 g/mol. The van der Waals surface area contributed by atoms with Gasteiger partial charge in [-0.05, 0) is 63.3 Å². The lowest BCUT2D eigenvalue weighted by molar-refractivity contribution is 0.0663. The number of aromatic nitrogens is 2. The van der Waals surface area contributed by atoms with Crippen LogP contribution < -0.4 is 10.3 Å². The number of carbonyl (C=O) groups excluding carboxylic acids is 1. The molecule has 1 aliphatic rings. The minimum atomic E-state index is -0.518. The van der Waals surface area contributed by atoms with Crippen molar-refractivity contribution in [2.45, 2.75) is 18.9 Å². The molecule has 9 nitrogen and oxygen atoms in total. The van der Waals surface area contributed by atoms with Crippen molar-refractivity contribution in [3.05, 3.63) is 94.5 Å². The fourth-order valence-corrected chi connectivity index (χ4v) is 4.85. The molecule has 0 bridgehead atoms. The van der Waals surface area contributed by atoms with Gasteiger partial charge in [0.15, 0.2) is 17.3 Å². The van der Waals surface area contributed by atoms with E-state index in [1.807, 2.05) is 35.2 Å². The number of carbonyl (C=O) groups is 1. The van der Waals surface area contributed by atoms with Crippen molar-refractivity contribution in [3.63, 3.8) is 0 Å². The summed E-state index contributed by atoms with van der Waals surface area (Å²) in [6.45, 7) is 1.43. The Hall–Kier alpha value is -4.57. The number of nitrogens with zero attached hydrogens (tertiary/aromatic N) is 5. The van der Waals surface area contributed by atoms with E-state index < -0.39 is 11.4 Å². The molecule has 2 heterocycles. The normalized spacial score (nSPS) is 14.3. The molecule has 0 atom stereocenters. The smallest absolute Gasteiger partial charge is 0.299 e. The lowest BCUT2D eigenvalue weighted by Gasteiger charge is -2.35. The van der Waals surface area contributed by atoms with E-state index in [9.17, 15) is 14.0 Å². The topological polar surface area (TPSA) is 95.3 Å². The van der Waals surface area contributed by atoms with Crippen LogP contribution in [0.5, 0.6) is 5.75 Å². The number of hydrogen-bond donors (Lipinski definition) is 1. The largest absolute Gasteiger partial charge is 0.494 e. The molecule has 10 heteroatoms. The van der Waals surface area contributed by atoms with Gasteiger partial charge in [-0.15, -0.1) is 5.11 Å². The van der Waals surface area contributed by atoms with Crippen LogP contribution in [-0.2, 0) is 0 Å². The Labute approximate surface area is 231 Å². The first-order chi connectivity index (χ1) is 19.4. The summed E-state index contributed by atoms with van der Waals surface area (Å²) < 4.78 is 20.2. The maximum atomic E-state index is 13.8. The van der Waals surface area contributed by atoms with Crippen LogP contribution in [0.4, 0.5) is 15.8 Å². The summed E-state index contributed by atoms with van der Waals surface area (Å²) in [6, 6.07) is 20.8. The van der Waals surface area contributed by atoms with Crippen LogP contribution in [0.25, 0.3) is 16.9 Å². The molecule has 1 aromatic heterocycles. The molecule has 0 radical (unpaired) electrons. The summed E-state index contributed by atoms with van der Waals surface area (Å²) >= 11 is 0. The standard InChI is InChI=1S/C30H31FN6O3/c1-35(2)23-15-17-36(18-16-23)29(38)21-9-12-24(13-10-21)37-30(39)28(27(34-37)20-7-5-4-6-8-20)33-32-22-11-14-25(31)26(19-22)40-3/h4-14,19,23,34H,15-18H2,1-3H3. The number of nitrogens with one attached hydrogen (secondary N) is 1. The maximum Gasteiger partial charge on any atom is 0.299 e. The van der Waals surface area contributed by atoms with E-state index in [0.29, 0.717) is 41.8 Å². The number of benzene rings is 3. The van der Waals surface area contributed by atoms with Crippen molar-refractivity contribution < 1.29 is 13.9 Å². The number of rotatable bonds is 7. The highest BCUT2D eigenvalue weighted by Gasteiger charge is 2.25. The Balaban J connectivity index is 1.44. The SMILES string of the molecule is COc1cc(N=Nc2c(-c3ccccc3)[nH]n(-c3ccc(C(=O)N4CCC(N(C)C)CC4)cc3)c2=O)ccc1F. The van der Waals surface area contributed by atoms with Gasteiger partial charge in [-0.3, -0.25) is 14.7 Å². The van der Waals surface area contributed by atoms with Crippen molar-refractivity contribution in [3.8, 4) is 22.7 Å². The Morgan fingerprint density at radius 1 is 1.00 bits per heavy atom. The second-order valence-electron chi connectivity index (χ2n) is 9.89. The number of hydrogen-bond acceptors (Lipinski definition) is 6. The van der Waals surface area contributed by atoms with Crippen molar-refractivity contribution in [1.29, 1.82) is 0 Å². The molecule has 1 amide bonds. The van der Waals surface area contributed by atoms with Gasteiger partial charge >= 0.3 is 0 Å². The lowest BCUT2D eigenvalue weighted by Crippen LogP contribution is -2.44. The molecule has 40 heavy (non-hydrogen) atoms. The minimum absolute atomic E-state index is 0.0169. The first kappa shape index (κ1) is 27.0. The van der Waals surface area contributed by atoms with Gasteiger partial charge in [0, 0.05) is 36.3 Å². The van der Waals surface area contributed by atoms with E-state index in [4.69, 9.17) is 4.74 Å². The minimum Gasteiger partial charge on any atom is -0.494 e. The molecular formula is C30H31FN6O3. The molecule has 1 N–H and O–H groups in total. The molecule has 0 saturated carbocycles. The zero-order chi connectivity index (χ0) is 28.2. The van der Waals surface area contributed by atoms with Crippen molar-refractivity contribution in [1.82, 2.24) is 19.6 Å². The van der Waals surface area contributed by atoms with Gasteiger partial charge in [0.25, 0.3) is 11.5 Å². The van der Waals surface area contributed by atoms with Crippen LogP contribution in [0.15, 0.2) is 87.8 Å². The highest BCUT2D eigenvalue weighted by molar-refractivity contribution is 5.94. The number of methoxy groups -OCH3 is 1. The number of amides is 1. The molecule has 206 valence electrons. The fraction of sp³-hybridized carbons (Fsp3) is 0.267. The molecule has 3 aromatic carbocycles. The van der Waals surface area contributed by atoms with E-state index in [-0.39, 0.29) is 17.3 Å². The second kappa shape index (κ2) is 11.7. The molecule has 0 aliphatic carbocycles. The van der Waals surface area contributed by atoms with E-state index in [1.54, 1.807) is 24.3 Å². The number of piperidine rings is 1. The van der Waals surface area contributed by atoms with E-state index in [2.05, 4.69) is 34.3 Å². The molecule has 4 aromatic rings. The zero-order valence-corrected chi connectivity index (χ0v) is 22.7. The predicted molar refractivity (Wildman–Crippen MR) is 152 cm³/mol. The van der Waals surface area contributed by atoms with Gasteiger partial charge in [0.05, 0.1) is 24.2 Å². The van der Waals surface area contributed by atoms with Crippen LogP contribution in [-0.4, -0.2) is 65.8 Å². The molecule has 5 rings (SSSR count). The van der Waals surface area contributed by atoms with Gasteiger partial charge in [0.2, 0.25) is 0 Å². The van der Waals surface area contributed by atoms with Gasteiger partial charge < -0.3 is 14.5 Å². The van der Waals surface area contributed by atoms with Crippen LogP contribution >= 0.6 is 0 Å². The van der Waals surface area contributed by atoms with Gasteiger partial charge in [0.1, 0.15) is 0 Å². The number of aromatic amines is 1. The first-order valence-corrected chi connectivity index (χ1v) is 13.1. The summed E-state index contributed by atoms with van der Waals surface area (Å²) in [6.07, 6.45) is 1.89. The monoisotopic (exact) mass is 542 g/mol. The van der Waals surface area contributed by atoms with Crippen LogP contribution in [0.1, 0.15) is 23.2 Å². The maximum absolute atomic E-state index is 13.8. The fourth-order valence-electron chi connectivity index (χ4n) is 4.85. The third-order valence-corrected chi connectivity index (χ3v) is 7.18. The summed E-state index contributed by atoms with van der Waals surface area (Å²) in [7, 11) is 5.50. The Morgan fingerprint density at radius 2 is 1.70 bits per heavy atom. The molecule has 1 saturated heterocycles. The van der Waals surface area contributed by atoms with Crippen molar-refractivity contribution in [2.75, 3.05) is 34.3 Å². The van der Waals surface area contributed by atoms with Gasteiger partial charge in [-0.2, -0.15) is 5.11 Å². The lowest BCUT2D eigenvalue weighted by atomic mass is 10.0. The van der Waals surface area contributed by atoms with Crippen LogP contribution in [0, 0.1) is 5.82 Å². The van der Waals surface area contributed by atoms with Gasteiger partial charge in [-0.1, -0.05) is 30.3 Å². The molecule has 1 aliphatic heterocycles. The van der Waals surface area contributed by atoms with Crippen LogP contribution in [0.3, 0.4) is 0 Å². The number of likely N-dealkylation sites (tertiary alicyclic amines) is 1. The van der Waals surface area contributed by atoms with Crippen molar-refractivity contribution >= 4 is 17.3 Å². The Kier molecular flexibility index (Phi) is 7.88. The zero-order valence-electron chi connectivity index (χ0n) is 22.7. The Bertz CT molecular complexity index is 1570. The van der Waals surface area contributed by atoms with Gasteiger partial charge in [-0.25, -0.2) is 9.07 Å². The highest BCUT2D eigenvalue weighted by atomic mass is 19.1. The van der Waals surface area contributed by atoms with E-state index in [1.165, 1.54) is 30.0 Å². The van der Waals surface area contributed by atoms with E-state index >= 15 is 0 Å². The summed E-state index contributed by atoms with van der Waals surface area (Å²) in [4.78, 5) is 30.7. The molecule has 1 fully saturated rings. The van der Waals surface area contributed by atoms with E-state index in [0.717, 1.165) is 18.4 Å². The molecule has 0 spiro atoms. The summed E-state index contributed by atoms with van der Waals surface area (Å²) in [5.41, 5.74) is 2.36. The average Bonchev–Trinajstić information content (AvgIpc) is 3.32. The van der Waals surface area contributed by atoms with Crippen LogP contribution in [0.2, 0.25) is 0 Å². The number of halogens is 1. The summed E-state index contributed by atoms with van der Waals surface area (Å²) in [5, 5.41) is 11.6. The predicted octanol–water partition coefficient (Wildman–Crippen LogP) is 5.56. The first-order valence-electron chi connectivity index (χ1n) is 13.1. The third kappa shape index (κ3) is 5.57. The molecule has 0 unspecified atom stereocenters. The number of H-pyrrole nitrogens is 1. The quantitative estimate of drug-likeness (QED) is 0.309. The van der Waals surface area contributed by atoms with Crippen molar-refractivity contribution in [2.24, 2.45) is 10.2 Å².